The minimum Gasteiger partial charge on any atom is -0.303 e. The third-order valence-corrected chi connectivity index (χ3v) is 3.79. The first-order valence-corrected chi connectivity index (χ1v) is 8.94. The van der Waals surface area contributed by atoms with Crippen LogP contribution in [0.1, 0.15) is 87.0 Å². The van der Waals surface area contributed by atoms with Crippen LogP contribution in [0.4, 0.5) is 0 Å². The first kappa shape index (κ1) is 21.3. The van der Waals surface area contributed by atoms with Crippen LogP contribution in [0.5, 0.6) is 0 Å². The minimum absolute atomic E-state index is 0.885. The molecule has 1 aliphatic heterocycles. The first-order chi connectivity index (χ1) is 9.22. The van der Waals surface area contributed by atoms with Gasteiger partial charge in [0.15, 0.2) is 0 Å². The largest absolute Gasteiger partial charge is 0.303 e. The van der Waals surface area contributed by atoms with Crippen molar-refractivity contribution in [3.63, 3.8) is 0 Å². The summed E-state index contributed by atoms with van der Waals surface area (Å²) in [7, 11) is 0. The summed E-state index contributed by atoms with van der Waals surface area (Å²) in [5.41, 5.74) is 0. The Labute approximate surface area is 124 Å². The van der Waals surface area contributed by atoms with Gasteiger partial charge in [0, 0.05) is 0 Å². The molecule has 1 saturated heterocycles. The molecule has 0 saturated carbocycles. The molecule has 1 fully saturated rings. The lowest BCUT2D eigenvalue weighted by Crippen LogP contribution is -2.34. The van der Waals surface area contributed by atoms with Crippen LogP contribution in [0.2, 0.25) is 0 Å². The fourth-order valence-corrected chi connectivity index (χ4v) is 2.51. The molecule has 0 N–H and O–H groups in total. The van der Waals surface area contributed by atoms with Gasteiger partial charge in [0.1, 0.15) is 0 Å². The van der Waals surface area contributed by atoms with Crippen LogP contribution in [0, 0.1) is 11.8 Å². The molecule has 0 aromatic carbocycles. The average molecular weight is 272 g/mol. The van der Waals surface area contributed by atoms with E-state index in [-0.39, 0.29) is 0 Å². The van der Waals surface area contributed by atoms with Gasteiger partial charge in [-0.2, -0.15) is 0 Å². The van der Waals surface area contributed by atoms with Gasteiger partial charge in [0.25, 0.3) is 0 Å². The molecule has 0 spiro atoms. The monoisotopic (exact) mass is 271 g/mol. The number of likely N-dealkylation sites (tertiary alicyclic amines) is 1. The highest BCUT2D eigenvalue weighted by molar-refractivity contribution is 4.71. The second-order valence-electron chi connectivity index (χ2n) is 5.58. The molecule has 0 radical (unpaired) electrons. The van der Waals surface area contributed by atoms with Crippen molar-refractivity contribution in [2.75, 3.05) is 19.6 Å². The van der Waals surface area contributed by atoms with Crippen LogP contribution < -0.4 is 0 Å². The molecular weight excluding hydrogens is 230 g/mol. The number of rotatable bonds is 6. The Bertz CT molecular complexity index is 146. The maximum Gasteiger partial charge on any atom is -0.00161 e. The molecule has 1 rings (SSSR count). The van der Waals surface area contributed by atoms with Gasteiger partial charge in [-0.25, -0.2) is 0 Å². The fraction of sp³-hybridized carbons (Fsp3) is 1.00. The molecule has 118 valence electrons. The van der Waals surface area contributed by atoms with Crippen molar-refractivity contribution < 1.29 is 0 Å². The topological polar surface area (TPSA) is 3.24 Å². The second-order valence-corrected chi connectivity index (χ2v) is 5.58. The van der Waals surface area contributed by atoms with Crippen molar-refractivity contribution in [2.24, 2.45) is 11.8 Å². The van der Waals surface area contributed by atoms with Crippen LogP contribution in [-0.4, -0.2) is 24.5 Å². The number of hydrogen-bond donors (Lipinski definition) is 0. The van der Waals surface area contributed by atoms with E-state index in [0.29, 0.717) is 0 Å². The molecule has 1 aliphatic rings. The molecule has 1 heterocycles. The second kappa shape index (κ2) is 16.0. The zero-order chi connectivity index (χ0) is 15.1. The van der Waals surface area contributed by atoms with Gasteiger partial charge in [-0.1, -0.05) is 67.7 Å². The number of unbranched alkanes of at least 4 members (excludes halogenated alkanes) is 1. The smallest absolute Gasteiger partial charge is 0.00161 e. The van der Waals surface area contributed by atoms with E-state index in [4.69, 9.17) is 0 Å². The Morgan fingerprint density at radius 2 is 1.47 bits per heavy atom. The fourth-order valence-electron chi connectivity index (χ4n) is 2.51. The number of piperidine rings is 1. The van der Waals surface area contributed by atoms with Crippen LogP contribution >= 0.6 is 0 Å². The standard InChI is InChI=1S/C14H29N.2C2H6/c1-4-14-8-11-15(12-9-14)10-6-5-7-13(2)3;2*1-2/h13-14H,4-12H2,1-3H3;2*1-2H3. The normalized spacial score (nSPS) is 16.4. The summed E-state index contributed by atoms with van der Waals surface area (Å²) >= 11 is 0. The summed E-state index contributed by atoms with van der Waals surface area (Å²) in [6, 6.07) is 0. The predicted octanol–water partition coefficient (Wildman–Crippen LogP) is 5.99. The van der Waals surface area contributed by atoms with Gasteiger partial charge in [-0.15, -0.1) is 0 Å². The maximum absolute atomic E-state index is 2.67. The molecule has 0 unspecified atom stereocenters. The number of hydrogen-bond acceptors (Lipinski definition) is 1. The molecule has 0 atom stereocenters. The molecule has 19 heavy (non-hydrogen) atoms. The van der Waals surface area contributed by atoms with Gasteiger partial charge in [-0.05, 0) is 50.7 Å². The zero-order valence-electron chi connectivity index (χ0n) is 15.0. The van der Waals surface area contributed by atoms with Crippen molar-refractivity contribution >= 4 is 0 Å². The van der Waals surface area contributed by atoms with E-state index in [0.717, 1.165) is 11.8 Å². The Hall–Kier alpha value is -0.0400. The quantitative estimate of drug-likeness (QED) is 0.537. The zero-order valence-corrected chi connectivity index (χ0v) is 15.0. The summed E-state index contributed by atoms with van der Waals surface area (Å²) in [5.74, 6) is 1.91. The van der Waals surface area contributed by atoms with E-state index in [9.17, 15) is 0 Å². The lowest BCUT2D eigenvalue weighted by Gasteiger charge is -2.31. The van der Waals surface area contributed by atoms with Gasteiger partial charge in [0.2, 0.25) is 0 Å². The summed E-state index contributed by atoms with van der Waals surface area (Å²) in [6.45, 7) is 19.1. The van der Waals surface area contributed by atoms with Gasteiger partial charge in [-0.3, -0.25) is 0 Å². The van der Waals surface area contributed by atoms with E-state index >= 15 is 0 Å². The van der Waals surface area contributed by atoms with Crippen molar-refractivity contribution in [1.82, 2.24) is 4.90 Å². The maximum atomic E-state index is 2.67. The Morgan fingerprint density at radius 3 is 1.89 bits per heavy atom. The Balaban J connectivity index is 0. The molecule has 0 bridgehead atoms. The van der Waals surface area contributed by atoms with Crippen LogP contribution in [0.15, 0.2) is 0 Å². The van der Waals surface area contributed by atoms with E-state index in [1.807, 2.05) is 27.7 Å². The van der Waals surface area contributed by atoms with Crippen molar-refractivity contribution in [3.8, 4) is 0 Å². The van der Waals surface area contributed by atoms with Gasteiger partial charge in [0.05, 0.1) is 0 Å². The summed E-state index contributed by atoms with van der Waals surface area (Å²) in [4.78, 5) is 2.67. The van der Waals surface area contributed by atoms with Gasteiger partial charge >= 0.3 is 0 Å². The number of nitrogens with zero attached hydrogens (tertiary/aromatic N) is 1. The van der Waals surface area contributed by atoms with Gasteiger partial charge < -0.3 is 4.90 Å². The molecule has 0 amide bonds. The highest BCUT2D eigenvalue weighted by Gasteiger charge is 2.16. The molecule has 0 aliphatic carbocycles. The third kappa shape index (κ3) is 12.7. The van der Waals surface area contributed by atoms with E-state index in [1.54, 1.807) is 0 Å². The Kier molecular flexibility index (Phi) is 17.9. The van der Waals surface area contributed by atoms with E-state index in [1.165, 1.54) is 58.2 Å². The lowest BCUT2D eigenvalue weighted by atomic mass is 9.94. The predicted molar refractivity (Wildman–Crippen MR) is 90.8 cm³/mol. The molecule has 1 heteroatoms. The third-order valence-electron chi connectivity index (χ3n) is 3.79. The summed E-state index contributed by atoms with van der Waals surface area (Å²) in [5, 5.41) is 0. The molecule has 0 aromatic rings. The summed E-state index contributed by atoms with van der Waals surface area (Å²) < 4.78 is 0. The molecular formula is C18H41N. The minimum atomic E-state index is 0.885. The highest BCUT2D eigenvalue weighted by Crippen LogP contribution is 2.20. The molecule has 1 nitrogen and oxygen atoms in total. The average Bonchev–Trinajstić information content (AvgIpc) is 2.48. The van der Waals surface area contributed by atoms with E-state index < -0.39 is 0 Å². The van der Waals surface area contributed by atoms with Crippen LogP contribution in [-0.2, 0) is 0 Å². The SMILES string of the molecule is CC.CC.CCC1CCN(CCCCC(C)C)CC1. The lowest BCUT2D eigenvalue weighted by molar-refractivity contribution is 0.178. The molecule has 0 aromatic heterocycles. The van der Waals surface area contributed by atoms with Crippen LogP contribution in [0.25, 0.3) is 0 Å². The van der Waals surface area contributed by atoms with Crippen molar-refractivity contribution in [1.29, 1.82) is 0 Å². The highest BCUT2D eigenvalue weighted by atomic mass is 15.1. The van der Waals surface area contributed by atoms with Crippen LogP contribution in [0.3, 0.4) is 0 Å². The van der Waals surface area contributed by atoms with E-state index in [2.05, 4.69) is 25.7 Å². The van der Waals surface area contributed by atoms with Crippen molar-refractivity contribution in [2.45, 2.75) is 87.0 Å². The Morgan fingerprint density at radius 1 is 0.947 bits per heavy atom. The first-order valence-electron chi connectivity index (χ1n) is 8.94. The van der Waals surface area contributed by atoms with Crippen molar-refractivity contribution in [3.05, 3.63) is 0 Å². The summed E-state index contributed by atoms with van der Waals surface area (Å²) in [6.07, 6.45) is 8.52.